The number of halogens is 3. The van der Waals surface area contributed by atoms with Crippen molar-refractivity contribution in [3.05, 3.63) is 69.7 Å². The molecule has 0 aliphatic heterocycles. The highest BCUT2D eigenvalue weighted by Crippen LogP contribution is 2.34. The van der Waals surface area contributed by atoms with Crippen LogP contribution >= 0.6 is 11.3 Å². The molecule has 2 aromatic carbocycles. The fourth-order valence-corrected chi connectivity index (χ4v) is 4.58. The molecule has 0 spiro atoms. The predicted molar refractivity (Wildman–Crippen MR) is 119 cm³/mol. The lowest BCUT2D eigenvalue weighted by Crippen LogP contribution is -2.04. The lowest BCUT2D eigenvalue weighted by Gasteiger charge is -2.14. The van der Waals surface area contributed by atoms with Crippen LogP contribution in [0.1, 0.15) is 46.7 Å². The number of rotatable bonds is 9. The summed E-state index contributed by atoms with van der Waals surface area (Å²) in [4.78, 5) is 5.64. The van der Waals surface area contributed by atoms with Gasteiger partial charge in [-0.1, -0.05) is 25.1 Å². The minimum atomic E-state index is -4.36. The average Bonchev–Trinajstić information content (AvgIpc) is 3.19. The number of benzene rings is 2. The Bertz CT molecular complexity index is 1030. The number of thiazole rings is 1. The van der Waals surface area contributed by atoms with Gasteiger partial charge >= 0.3 is 6.18 Å². The first kappa shape index (κ1) is 24.2. The molecule has 32 heavy (non-hydrogen) atoms. The van der Waals surface area contributed by atoms with Gasteiger partial charge in [0.15, 0.2) is 0 Å². The molecule has 172 valence electrons. The summed E-state index contributed by atoms with van der Waals surface area (Å²) < 4.78 is 43.9. The van der Waals surface area contributed by atoms with Gasteiger partial charge in [0.05, 0.1) is 24.0 Å². The van der Waals surface area contributed by atoms with E-state index in [0.717, 1.165) is 33.8 Å². The number of hydrogen-bond acceptors (Lipinski definition) is 5. The van der Waals surface area contributed by atoms with Crippen molar-refractivity contribution in [3.8, 4) is 16.3 Å². The maximum atomic E-state index is 12.8. The molecule has 0 saturated heterocycles. The molecule has 8 heteroatoms. The molecular formula is C24H26F3NO3S. The summed E-state index contributed by atoms with van der Waals surface area (Å²) in [7, 11) is 0. The molecule has 3 aromatic rings. The lowest BCUT2D eigenvalue weighted by atomic mass is 10.0. The molecule has 2 N–H and O–H groups in total. The van der Waals surface area contributed by atoms with Crippen LogP contribution in [0, 0.1) is 6.92 Å². The second-order valence-electron chi connectivity index (χ2n) is 7.47. The number of ether oxygens (including phenoxy) is 1. The molecule has 1 heterocycles. The van der Waals surface area contributed by atoms with Crippen molar-refractivity contribution < 1.29 is 28.1 Å². The molecule has 4 nitrogen and oxygen atoms in total. The van der Waals surface area contributed by atoms with E-state index in [0.29, 0.717) is 35.6 Å². The number of nitrogens with zero attached hydrogens (tertiary/aromatic N) is 1. The minimum absolute atomic E-state index is 0.0626. The monoisotopic (exact) mass is 465 g/mol. The molecular weight excluding hydrogens is 439 g/mol. The highest BCUT2D eigenvalue weighted by Gasteiger charge is 2.30. The van der Waals surface area contributed by atoms with Crippen molar-refractivity contribution in [2.75, 3.05) is 13.2 Å². The molecule has 0 amide bonds. The highest BCUT2D eigenvalue weighted by atomic mass is 32.1. The van der Waals surface area contributed by atoms with E-state index in [4.69, 9.17) is 9.84 Å². The largest absolute Gasteiger partial charge is 0.491 e. The number of aryl methyl sites for hydroxylation is 3. The third kappa shape index (κ3) is 5.88. The van der Waals surface area contributed by atoms with Gasteiger partial charge in [0.2, 0.25) is 0 Å². The number of aliphatic hydroxyl groups is 2. The Kier molecular flexibility index (Phi) is 7.92. The van der Waals surface area contributed by atoms with Gasteiger partial charge in [0, 0.05) is 10.4 Å². The third-order valence-electron chi connectivity index (χ3n) is 5.15. The van der Waals surface area contributed by atoms with Crippen LogP contribution in [0.3, 0.4) is 0 Å². The maximum Gasteiger partial charge on any atom is 0.416 e. The van der Waals surface area contributed by atoms with E-state index < -0.39 is 17.8 Å². The van der Waals surface area contributed by atoms with Crippen molar-refractivity contribution in [2.45, 2.75) is 45.4 Å². The Morgan fingerprint density at radius 1 is 1.12 bits per heavy atom. The molecule has 0 aliphatic rings. The van der Waals surface area contributed by atoms with Gasteiger partial charge in [-0.3, -0.25) is 0 Å². The smallest absolute Gasteiger partial charge is 0.416 e. The van der Waals surface area contributed by atoms with Crippen molar-refractivity contribution in [1.29, 1.82) is 0 Å². The van der Waals surface area contributed by atoms with E-state index in [2.05, 4.69) is 4.98 Å². The summed E-state index contributed by atoms with van der Waals surface area (Å²) in [6, 6.07) is 10.5. The summed E-state index contributed by atoms with van der Waals surface area (Å²) in [5, 5.41) is 20.2. The quantitative estimate of drug-likeness (QED) is 0.423. The van der Waals surface area contributed by atoms with Gasteiger partial charge < -0.3 is 14.9 Å². The lowest BCUT2D eigenvalue weighted by molar-refractivity contribution is -0.137. The standard InChI is InChI=1S/C24H26F3NO3S/c1-3-19-22(32-23(28-19)16-4-7-18(8-5-16)24(25,26)27)11-9-20(30)17-6-10-21(15(2)14-17)31-13-12-29/h4-8,10,14,20,29-30H,3,9,11-13H2,1-2H3. The van der Waals surface area contributed by atoms with Crippen molar-refractivity contribution in [3.63, 3.8) is 0 Å². The molecule has 0 aliphatic carbocycles. The summed E-state index contributed by atoms with van der Waals surface area (Å²) in [5.74, 6) is 0.673. The van der Waals surface area contributed by atoms with E-state index in [1.807, 2.05) is 26.0 Å². The summed E-state index contributed by atoms with van der Waals surface area (Å²) >= 11 is 1.46. The van der Waals surface area contributed by atoms with Crippen LogP contribution in [-0.4, -0.2) is 28.4 Å². The first-order valence-corrected chi connectivity index (χ1v) is 11.2. The molecule has 0 saturated carbocycles. The van der Waals surface area contributed by atoms with Crippen LogP contribution < -0.4 is 4.74 Å². The Labute approximate surface area is 189 Å². The van der Waals surface area contributed by atoms with Crippen molar-refractivity contribution in [1.82, 2.24) is 4.98 Å². The zero-order valence-electron chi connectivity index (χ0n) is 17.9. The summed E-state index contributed by atoms with van der Waals surface area (Å²) in [5.41, 5.74) is 2.54. The molecule has 0 fully saturated rings. The average molecular weight is 466 g/mol. The Morgan fingerprint density at radius 3 is 2.44 bits per heavy atom. The Balaban J connectivity index is 1.70. The van der Waals surface area contributed by atoms with Crippen LogP contribution in [0.25, 0.3) is 10.6 Å². The van der Waals surface area contributed by atoms with Crippen LogP contribution in [0.4, 0.5) is 13.2 Å². The molecule has 1 unspecified atom stereocenters. The van der Waals surface area contributed by atoms with Gasteiger partial charge in [-0.2, -0.15) is 13.2 Å². The third-order valence-corrected chi connectivity index (χ3v) is 6.36. The topological polar surface area (TPSA) is 62.6 Å². The van der Waals surface area contributed by atoms with E-state index >= 15 is 0 Å². The Morgan fingerprint density at radius 2 is 1.84 bits per heavy atom. The molecule has 1 atom stereocenters. The fraction of sp³-hybridized carbons (Fsp3) is 0.375. The molecule has 0 radical (unpaired) electrons. The van der Waals surface area contributed by atoms with Gasteiger partial charge in [-0.05, 0) is 61.6 Å². The van der Waals surface area contributed by atoms with Crippen molar-refractivity contribution >= 4 is 11.3 Å². The van der Waals surface area contributed by atoms with Crippen LogP contribution in [0.5, 0.6) is 5.75 Å². The first-order chi connectivity index (χ1) is 15.2. The normalized spacial score (nSPS) is 12.7. The van der Waals surface area contributed by atoms with Gasteiger partial charge in [-0.25, -0.2) is 4.98 Å². The highest BCUT2D eigenvalue weighted by molar-refractivity contribution is 7.15. The number of aliphatic hydroxyl groups excluding tert-OH is 2. The van der Waals surface area contributed by atoms with Crippen LogP contribution in [0.15, 0.2) is 42.5 Å². The second kappa shape index (κ2) is 10.5. The van der Waals surface area contributed by atoms with Gasteiger partial charge in [-0.15, -0.1) is 11.3 Å². The van der Waals surface area contributed by atoms with Crippen molar-refractivity contribution in [2.24, 2.45) is 0 Å². The molecule has 0 bridgehead atoms. The van der Waals surface area contributed by atoms with Gasteiger partial charge in [0.25, 0.3) is 0 Å². The minimum Gasteiger partial charge on any atom is -0.491 e. The van der Waals surface area contributed by atoms with Crippen LogP contribution in [-0.2, 0) is 19.0 Å². The summed E-state index contributed by atoms with van der Waals surface area (Å²) in [6.07, 6.45) is -3.21. The van der Waals surface area contributed by atoms with E-state index in [-0.39, 0.29) is 13.2 Å². The fourth-order valence-electron chi connectivity index (χ4n) is 3.41. The SMILES string of the molecule is CCc1nc(-c2ccc(C(F)(F)F)cc2)sc1CCC(O)c1ccc(OCCO)c(C)c1. The number of aromatic nitrogens is 1. The number of alkyl halides is 3. The van der Waals surface area contributed by atoms with Gasteiger partial charge in [0.1, 0.15) is 17.4 Å². The maximum absolute atomic E-state index is 12.8. The summed E-state index contributed by atoms with van der Waals surface area (Å²) in [6.45, 7) is 4.03. The van der Waals surface area contributed by atoms with Crippen LogP contribution in [0.2, 0.25) is 0 Å². The number of hydrogen-bond donors (Lipinski definition) is 2. The van der Waals surface area contributed by atoms with E-state index in [9.17, 15) is 18.3 Å². The zero-order valence-corrected chi connectivity index (χ0v) is 18.8. The first-order valence-electron chi connectivity index (χ1n) is 10.4. The predicted octanol–water partition coefficient (Wildman–Crippen LogP) is 5.74. The molecule has 1 aromatic heterocycles. The molecule has 3 rings (SSSR count). The van der Waals surface area contributed by atoms with E-state index in [1.54, 1.807) is 6.07 Å². The Hall–Kier alpha value is -2.42. The van der Waals surface area contributed by atoms with E-state index in [1.165, 1.54) is 23.5 Å². The zero-order chi connectivity index (χ0) is 23.3. The second-order valence-corrected chi connectivity index (χ2v) is 8.55.